The molecule has 6 nitrogen and oxygen atoms in total. The molecular weight excluding hydrogens is 288 g/mol. The van der Waals surface area contributed by atoms with Gasteiger partial charge >= 0.3 is 0 Å². The minimum Gasteiger partial charge on any atom is -0.362 e. The maximum Gasteiger partial charge on any atom is 0.163 e. The van der Waals surface area contributed by atoms with Gasteiger partial charge in [-0.3, -0.25) is 9.67 Å². The topological polar surface area (TPSA) is 68.5 Å². The number of hydrogen-bond donors (Lipinski definition) is 1. The second-order valence-corrected chi connectivity index (χ2v) is 5.75. The zero-order chi connectivity index (χ0) is 16.2. The fourth-order valence-corrected chi connectivity index (χ4v) is 2.72. The van der Waals surface area contributed by atoms with E-state index in [4.69, 9.17) is 0 Å². The molecule has 23 heavy (non-hydrogen) atoms. The number of fused-ring (bicyclic) bond motifs is 1. The van der Waals surface area contributed by atoms with Crippen molar-refractivity contribution in [3.05, 3.63) is 42.1 Å². The molecule has 0 unspecified atom stereocenters. The maximum absolute atomic E-state index is 4.59. The number of unbranched alkanes of at least 4 members (excludes halogenated alkanes) is 1. The van der Waals surface area contributed by atoms with Crippen molar-refractivity contribution in [1.29, 1.82) is 0 Å². The van der Waals surface area contributed by atoms with Crippen LogP contribution in [0.1, 0.15) is 43.6 Å². The molecule has 3 rings (SSSR count). The highest BCUT2D eigenvalue weighted by Crippen LogP contribution is 2.27. The molecule has 0 aliphatic carbocycles. The molecule has 0 aliphatic heterocycles. The molecular formula is C17H22N6. The smallest absolute Gasteiger partial charge is 0.163 e. The van der Waals surface area contributed by atoms with Crippen LogP contribution in [0.15, 0.2) is 30.7 Å². The zero-order valence-electron chi connectivity index (χ0n) is 13.8. The average Bonchev–Trinajstić information content (AvgIpc) is 2.93. The highest BCUT2D eigenvalue weighted by molar-refractivity contribution is 5.86. The summed E-state index contributed by atoms with van der Waals surface area (Å²) in [5.41, 5.74) is 2.02. The van der Waals surface area contributed by atoms with E-state index in [2.05, 4.69) is 38.4 Å². The second-order valence-electron chi connectivity index (χ2n) is 5.75. The molecule has 6 heteroatoms. The summed E-state index contributed by atoms with van der Waals surface area (Å²) in [6.45, 7) is 4.11. The highest BCUT2D eigenvalue weighted by Gasteiger charge is 2.16. The summed E-state index contributed by atoms with van der Waals surface area (Å²) in [4.78, 5) is 13.3. The van der Waals surface area contributed by atoms with E-state index in [-0.39, 0.29) is 6.04 Å². The molecule has 0 saturated carbocycles. The molecule has 0 aromatic carbocycles. The van der Waals surface area contributed by atoms with Gasteiger partial charge in [-0.25, -0.2) is 9.97 Å². The van der Waals surface area contributed by atoms with Gasteiger partial charge in [-0.2, -0.15) is 5.10 Å². The van der Waals surface area contributed by atoms with Crippen molar-refractivity contribution in [3.8, 4) is 0 Å². The Morgan fingerprint density at radius 2 is 2.13 bits per heavy atom. The molecule has 0 spiro atoms. The third-order valence-electron chi connectivity index (χ3n) is 3.95. The number of nitrogens with one attached hydrogen (secondary N) is 1. The lowest BCUT2D eigenvalue weighted by Gasteiger charge is -2.20. The number of pyridine rings is 1. The van der Waals surface area contributed by atoms with Gasteiger partial charge in [-0.05, 0) is 25.0 Å². The molecule has 0 radical (unpaired) electrons. The Hall–Kier alpha value is -2.50. The maximum atomic E-state index is 4.59. The van der Waals surface area contributed by atoms with Crippen LogP contribution in [0.3, 0.4) is 0 Å². The molecule has 3 heterocycles. The minimum absolute atomic E-state index is 0.182. The van der Waals surface area contributed by atoms with Gasteiger partial charge in [0.2, 0.25) is 0 Å². The van der Waals surface area contributed by atoms with Crippen LogP contribution in [-0.2, 0) is 7.05 Å². The van der Waals surface area contributed by atoms with Crippen molar-refractivity contribution in [3.63, 3.8) is 0 Å². The Morgan fingerprint density at radius 3 is 2.87 bits per heavy atom. The lowest BCUT2D eigenvalue weighted by atomic mass is 10.0. The van der Waals surface area contributed by atoms with Gasteiger partial charge in [0.05, 0.1) is 17.6 Å². The summed E-state index contributed by atoms with van der Waals surface area (Å²) < 4.78 is 1.78. The predicted octanol–water partition coefficient (Wildman–Crippen LogP) is 3.41. The molecule has 0 aliphatic rings. The van der Waals surface area contributed by atoms with Crippen LogP contribution >= 0.6 is 0 Å². The molecule has 0 amide bonds. The minimum atomic E-state index is 0.182. The zero-order valence-corrected chi connectivity index (χ0v) is 13.8. The lowest BCUT2D eigenvalue weighted by molar-refractivity contribution is 0.631. The van der Waals surface area contributed by atoms with E-state index in [9.17, 15) is 0 Å². The molecule has 120 valence electrons. The number of aromatic nitrogens is 5. The molecule has 1 N–H and O–H groups in total. The van der Waals surface area contributed by atoms with Crippen molar-refractivity contribution in [2.45, 2.75) is 39.2 Å². The highest BCUT2D eigenvalue weighted by atomic mass is 15.3. The van der Waals surface area contributed by atoms with Crippen molar-refractivity contribution in [1.82, 2.24) is 24.7 Å². The third-order valence-corrected chi connectivity index (χ3v) is 3.95. The second kappa shape index (κ2) is 6.73. The summed E-state index contributed by atoms with van der Waals surface area (Å²) >= 11 is 0. The Morgan fingerprint density at radius 1 is 1.26 bits per heavy atom. The molecule has 0 saturated heterocycles. The Kier molecular flexibility index (Phi) is 4.50. The van der Waals surface area contributed by atoms with Crippen LogP contribution in [0.4, 0.5) is 5.82 Å². The normalized spacial score (nSPS) is 12.5. The summed E-state index contributed by atoms with van der Waals surface area (Å²) in [6, 6.07) is 4.26. The summed E-state index contributed by atoms with van der Waals surface area (Å²) in [6.07, 6.45) is 8.87. The fraction of sp³-hybridized carbons (Fsp3) is 0.412. The first kappa shape index (κ1) is 15.4. The monoisotopic (exact) mass is 310 g/mol. The van der Waals surface area contributed by atoms with E-state index in [1.807, 2.05) is 32.4 Å². The number of nitrogens with zero attached hydrogens (tertiary/aromatic N) is 5. The number of rotatable bonds is 6. The van der Waals surface area contributed by atoms with Crippen LogP contribution < -0.4 is 5.32 Å². The summed E-state index contributed by atoms with van der Waals surface area (Å²) in [5.74, 6) is 1.58. The van der Waals surface area contributed by atoms with Gasteiger partial charge in [0.15, 0.2) is 5.65 Å². The van der Waals surface area contributed by atoms with Gasteiger partial charge < -0.3 is 5.32 Å². The first-order valence-corrected chi connectivity index (χ1v) is 8.02. The molecule has 3 aromatic rings. The van der Waals surface area contributed by atoms with Gasteiger partial charge in [-0.1, -0.05) is 25.8 Å². The standard InChI is InChI=1S/C17H22N6/c1-4-5-8-15(13-7-6-9-18-10-13)22-16-14-11-19-23(3)17(14)21-12(2)20-16/h6-7,9-11,15H,4-5,8H2,1-3H3,(H,20,21,22)/t15-/m0/s1. The quantitative estimate of drug-likeness (QED) is 0.755. The fourth-order valence-electron chi connectivity index (χ4n) is 2.72. The lowest BCUT2D eigenvalue weighted by Crippen LogP contribution is -2.13. The van der Waals surface area contributed by atoms with Crippen LogP contribution in [0.25, 0.3) is 11.0 Å². The van der Waals surface area contributed by atoms with Crippen molar-refractivity contribution < 1.29 is 0 Å². The van der Waals surface area contributed by atoms with Crippen molar-refractivity contribution in [2.75, 3.05) is 5.32 Å². The first-order valence-electron chi connectivity index (χ1n) is 8.02. The summed E-state index contributed by atoms with van der Waals surface area (Å²) in [5, 5.41) is 8.83. The van der Waals surface area contributed by atoms with Crippen molar-refractivity contribution >= 4 is 16.9 Å². The van der Waals surface area contributed by atoms with E-state index in [0.717, 1.165) is 41.9 Å². The summed E-state index contributed by atoms with van der Waals surface area (Å²) in [7, 11) is 1.90. The number of hydrogen-bond acceptors (Lipinski definition) is 5. The van der Waals surface area contributed by atoms with Crippen LogP contribution in [0.5, 0.6) is 0 Å². The predicted molar refractivity (Wildman–Crippen MR) is 91.2 cm³/mol. The van der Waals surface area contributed by atoms with Gasteiger partial charge in [-0.15, -0.1) is 0 Å². The largest absolute Gasteiger partial charge is 0.362 e. The van der Waals surface area contributed by atoms with E-state index in [1.165, 1.54) is 5.56 Å². The number of aryl methyl sites for hydroxylation is 2. The van der Waals surface area contributed by atoms with Crippen LogP contribution in [-0.4, -0.2) is 24.7 Å². The Bertz CT molecular complexity index is 780. The Labute approximate surface area is 136 Å². The first-order chi connectivity index (χ1) is 11.2. The van der Waals surface area contributed by atoms with Gasteiger partial charge in [0.1, 0.15) is 11.6 Å². The molecule has 0 fully saturated rings. The SMILES string of the molecule is CCCC[C@H](Nc1nc(C)nc2c1cnn2C)c1cccnc1. The van der Waals surface area contributed by atoms with Crippen LogP contribution in [0.2, 0.25) is 0 Å². The molecule has 1 atom stereocenters. The number of anilines is 1. The molecule has 0 bridgehead atoms. The van der Waals surface area contributed by atoms with E-state index in [0.29, 0.717) is 0 Å². The van der Waals surface area contributed by atoms with Gasteiger partial charge in [0, 0.05) is 19.4 Å². The van der Waals surface area contributed by atoms with E-state index >= 15 is 0 Å². The van der Waals surface area contributed by atoms with E-state index in [1.54, 1.807) is 10.9 Å². The third kappa shape index (κ3) is 3.31. The Balaban J connectivity index is 1.96. The average molecular weight is 310 g/mol. The van der Waals surface area contributed by atoms with Gasteiger partial charge in [0.25, 0.3) is 0 Å². The van der Waals surface area contributed by atoms with Crippen molar-refractivity contribution in [2.24, 2.45) is 7.05 Å². The van der Waals surface area contributed by atoms with Crippen LogP contribution in [0, 0.1) is 6.92 Å². The van der Waals surface area contributed by atoms with E-state index < -0.39 is 0 Å². The molecule has 3 aromatic heterocycles.